The lowest BCUT2D eigenvalue weighted by Gasteiger charge is -2.02. The van der Waals surface area contributed by atoms with Gasteiger partial charge >= 0.3 is 0 Å². The summed E-state index contributed by atoms with van der Waals surface area (Å²) in [6.07, 6.45) is 0. The van der Waals surface area contributed by atoms with Gasteiger partial charge < -0.3 is 23.9 Å². The van der Waals surface area contributed by atoms with Gasteiger partial charge in [-0.05, 0) is 24.2 Å². The molecule has 4 nitrogen and oxygen atoms in total. The van der Waals surface area contributed by atoms with Crippen LogP contribution in [-0.2, 0) is 7.05 Å². The number of nitrogens with two attached hydrogens (primary N) is 2. The molecule has 0 fully saturated rings. The molecule has 80 valence electrons. The fraction of sp³-hybridized carbons (Fsp3) is 0.200. The number of halogens is 1. The van der Waals surface area contributed by atoms with Crippen LogP contribution in [-0.4, -0.2) is 5.10 Å². The summed E-state index contributed by atoms with van der Waals surface area (Å²) in [4.78, 5) is 0. The number of nitrogen functional groups attached to an aromatic ring is 2. The molecule has 1 aromatic carbocycles. The SMILES string of the molecule is Cc1n[n+](C)c2ccc(N)cc2c1N.[Cl-]. The zero-order chi connectivity index (χ0) is 10.3. The van der Waals surface area contributed by atoms with E-state index in [9.17, 15) is 0 Å². The number of aryl methyl sites for hydroxylation is 2. The van der Waals surface area contributed by atoms with E-state index in [-0.39, 0.29) is 12.4 Å². The Morgan fingerprint density at radius 1 is 1.27 bits per heavy atom. The number of fused-ring (bicyclic) bond motifs is 1. The van der Waals surface area contributed by atoms with E-state index in [1.165, 1.54) is 0 Å². The molecule has 15 heavy (non-hydrogen) atoms. The van der Waals surface area contributed by atoms with Crippen LogP contribution in [0.2, 0.25) is 0 Å². The molecule has 0 amide bonds. The van der Waals surface area contributed by atoms with Gasteiger partial charge in [0.1, 0.15) is 5.69 Å². The Balaban J connectivity index is 0.00000112. The van der Waals surface area contributed by atoms with Crippen LogP contribution in [0, 0.1) is 6.92 Å². The van der Waals surface area contributed by atoms with Gasteiger partial charge in [0.25, 0.3) is 0 Å². The summed E-state index contributed by atoms with van der Waals surface area (Å²) in [7, 11) is 1.89. The lowest BCUT2D eigenvalue weighted by atomic mass is 10.1. The third kappa shape index (κ3) is 1.80. The van der Waals surface area contributed by atoms with Crippen LogP contribution < -0.4 is 28.6 Å². The predicted molar refractivity (Wildman–Crippen MR) is 56.5 cm³/mol. The van der Waals surface area contributed by atoms with Crippen molar-refractivity contribution in [1.82, 2.24) is 5.10 Å². The zero-order valence-electron chi connectivity index (χ0n) is 8.66. The zero-order valence-corrected chi connectivity index (χ0v) is 9.42. The minimum atomic E-state index is 0. The molecule has 0 saturated carbocycles. The summed E-state index contributed by atoms with van der Waals surface area (Å²) in [5.41, 5.74) is 14.9. The van der Waals surface area contributed by atoms with Crippen molar-refractivity contribution in [3.63, 3.8) is 0 Å². The highest BCUT2D eigenvalue weighted by atomic mass is 35.5. The van der Waals surface area contributed by atoms with Gasteiger partial charge in [-0.1, -0.05) is 4.68 Å². The van der Waals surface area contributed by atoms with E-state index >= 15 is 0 Å². The van der Waals surface area contributed by atoms with Crippen LogP contribution in [0.1, 0.15) is 5.69 Å². The third-order valence-corrected chi connectivity index (χ3v) is 2.35. The highest BCUT2D eigenvalue weighted by Gasteiger charge is 2.12. The normalized spacial score (nSPS) is 10.0. The first-order valence-corrected chi connectivity index (χ1v) is 4.41. The molecule has 0 aliphatic rings. The second kappa shape index (κ2) is 3.90. The molecule has 2 rings (SSSR count). The molecule has 0 aliphatic carbocycles. The van der Waals surface area contributed by atoms with E-state index in [1.54, 1.807) is 4.68 Å². The topological polar surface area (TPSA) is 68.8 Å². The summed E-state index contributed by atoms with van der Waals surface area (Å²) in [5, 5.41) is 5.24. The Kier molecular flexibility index (Phi) is 3.00. The van der Waals surface area contributed by atoms with Gasteiger partial charge in [-0.2, -0.15) is 0 Å². The second-order valence-corrected chi connectivity index (χ2v) is 3.40. The summed E-state index contributed by atoms with van der Waals surface area (Å²) in [6, 6.07) is 5.64. The van der Waals surface area contributed by atoms with Gasteiger partial charge in [-0.25, -0.2) is 0 Å². The van der Waals surface area contributed by atoms with Gasteiger partial charge in [0.2, 0.25) is 5.52 Å². The van der Waals surface area contributed by atoms with E-state index in [1.807, 2.05) is 32.2 Å². The van der Waals surface area contributed by atoms with Crippen molar-refractivity contribution < 1.29 is 17.1 Å². The standard InChI is InChI=1S/C10H12N4.ClH/c1-6-10(12)8-5-7(11)3-4-9(8)14(2)13-6;/h3-5,12H,11H2,1-2H3;1H. The monoisotopic (exact) mass is 224 g/mol. The van der Waals surface area contributed by atoms with Crippen LogP contribution >= 0.6 is 0 Å². The summed E-state index contributed by atoms with van der Waals surface area (Å²) in [5.74, 6) is 0. The van der Waals surface area contributed by atoms with Crippen LogP contribution in [0.15, 0.2) is 18.2 Å². The van der Waals surface area contributed by atoms with Crippen molar-refractivity contribution in [2.75, 3.05) is 11.5 Å². The van der Waals surface area contributed by atoms with E-state index in [2.05, 4.69) is 5.10 Å². The Bertz CT molecular complexity index is 510. The fourth-order valence-corrected chi connectivity index (χ4v) is 1.58. The molecule has 2 aromatic rings. The molecule has 0 saturated heterocycles. The van der Waals surface area contributed by atoms with Crippen molar-refractivity contribution in [2.45, 2.75) is 6.92 Å². The highest BCUT2D eigenvalue weighted by molar-refractivity contribution is 5.90. The lowest BCUT2D eigenvalue weighted by Crippen LogP contribution is -3.00. The highest BCUT2D eigenvalue weighted by Crippen LogP contribution is 2.21. The minimum absolute atomic E-state index is 0. The van der Waals surface area contributed by atoms with Gasteiger partial charge in [0, 0.05) is 11.8 Å². The maximum Gasteiger partial charge on any atom is 0.241 e. The maximum atomic E-state index is 5.92. The van der Waals surface area contributed by atoms with Gasteiger partial charge in [-0.15, -0.1) is 0 Å². The van der Waals surface area contributed by atoms with Gasteiger partial charge in [0.05, 0.1) is 11.1 Å². The number of anilines is 2. The van der Waals surface area contributed by atoms with Crippen molar-refractivity contribution in [3.05, 3.63) is 23.9 Å². The Hall–Kier alpha value is -1.55. The molecule has 0 bridgehead atoms. The maximum absolute atomic E-state index is 5.92. The number of hydrogen-bond acceptors (Lipinski definition) is 3. The van der Waals surface area contributed by atoms with Crippen LogP contribution in [0.25, 0.3) is 10.9 Å². The largest absolute Gasteiger partial charge is 1.00 e. The quantitative estimate of drug-likeness (QED) is 0.385. The number of benzene rings is 1. The van der Waals surface area contributed by atoms with Crippen molar-refractivity contribution >= 4 is 22.3 Å². The third-order valence-electron chi connectivity index (χ3n) is 2.35. The molecule has 0 aliphatic heterocycles. The van der Waals surface area contributed by atoms with E-state index < -0.39 is 0 Å². The minimum Gasteiger partial charge on any atom is -1.00 e. The van der Waals surface area contributed by atoms with Crippen LogP contribution in [0.5, 0.6) is 0 Å². The average Bonchev–Trinajstić information content (AvgIpc) is 2.14. The van der Waals surface area contributed by atoms with Crippen LogP contribution in [0.4, 0.5) is 11.4 Å². The second-order valence-electron chi connectivity index (χ2n) is 3.40. The Labute approximate surface area is 94.3 Å². The predicted octanol–water partition coefficient (Wildman–Crippen LogP) is -2.46. The number of rotatable bonds is 0. The first kappa shape index (κ1) is 11.5. The van der Waals surface area contributed by atoms with Crippen molar-refractivity contribution in [3.8, 4) is 0 Å². The molecular formula is C10H13ClN4. The molecular weight excluding hydrogens is 212 g/mol. The summed E-state index contributed by atoms with van der Waals surface area (Å²) in [6.45, 7) is 1.89. The molecule has 0 atom stereocenters. The molecule has 0 unspecified atom stereocenters. The first-order chi connectivity index (χ1) is 6.59. The molecule has 0 radical (unpaired) electrons. The number of hydrogen-bond donors (Lipinski definition) is 2. The smallest absolute Gasteiger partial charge is 0.241 e. The van der Waals surface area contributed by atoms with Gasteiger partial charge in [-0.3, -0.25) is 0 Å². The number of aromatic nitrogens is 2. The number of nitrogens with zero attached hydrogens (tertiary/aromatic N) is 2. The van der Waals surface area contributed by atoms with E-state index in [0.717, 1.165) is 22.3 Å². The Morgan fingerprint density at radius 2 is 1.93 bits per heavy atom. The molecule has 0 spiro atoms. The summed E-state index contributed by atoms with van der Waals surface area (Å²) < 4.78 is 1.81. The molecule has 1 aromatic heterocycles. The summed E-state index contributed by atoms with van der Waals surface area (Å²) >= 11 is 0. The van der Waals surface area contributed by atoms with Gasteiger partial charge in [0.15, 0.2) is 7.05 Å². The molecule has 1 heterocycles. The van der Waals surface area contributed by atoms with Crippen LogP contribution in [0.3, 0.4) is 0 Å². The first-order valence-electron chi connectivity index (χ1n) is 4.41. The Morgan fingerprint density at radius 3 is 2.60 bits per heavy atom. The molecule has 5 heteroatoms. The van der Waals surface area contributed by atoms with E-state index in [0.29, 0.717) is 5.69 Å². The van der Waals surface area contributed by atoms with Crippen molar-refractivity contribution in [2.24, 2.45) is 7.05 Å². The van der Waals surface area contributed by atoms with E-state index in [4.69, 9.17) is 11.5 Å². The average molecular weight is 225 g/mol. The molecule has 4 N–H and O–H groups in total. The fourth-order valence-electron chi connectivity index (χ4n) is 1.58. The van der Waals surface area contributed by atoms with Crippen molar-refractivity contribution in [1.29, 1.82) is 0 Å². The lowest BCUT2D eigenvalue weighted by molar-refractivity contribution is -0.706.